The Labute approximate surface area is 110 Å². The topological polar surface area (TPSA) is 29.5 Å². The second-order valence-electron chi connectivity index (χ2n) is 4.09. The first-order valence-electron chi connectivity index (χ1n) is 5.78. The van der Waals surface area contributed by atoms with Gasteiger partial charge in [0.25, 0.3) is 0 Å². The van der Waals surface area contributed by atoms with Gasteiger partial charge in [0.1, 0.15) is 11.6 Å². The third-order valence-corrected chi connectivity index (χ3v) is 3.38. The van der Waals surface area contributed by atoms with Crippen molar-refractivity contribution in [3.8, 4) is 5.75 Å². The number of benzene rings is 1. The minimum Gasteiger partial charge on any atom is -0.493 e. The van der Waals surface area contributed by atoms with Gasteiger partial charge in [-0.1, -0.05) is 0 Å². The maximum atomic E-state index is 13.1. The molecule has 0 saturated heterocycles. The second kappa shape index (κ2) is 5.98. The molecule has 2 aromatic rings. The van der Waals surface area contributed by atoms with E-state index in [1.54, 1.807) is 24.3 Å². The van der Waals surface area contributed by atoms with Gasteiger partial charge < -0.3 is 9.84 Å². The quantitative estimate of drug-likeness (QED) is 0.896. The van der Waals surface area contributed by atoms with Crippen LogP contribution in [0.3, 0.4) is 0 Å². The van der Waals surface area contributed by atoms with E-state index in [-0.39, 0.29) is 5.82 Å². The summed E-state index contributed by atoms with van der Waals surface area (Å²) in [7, 11) is 0. The van der Waals surface area contributed by atoms with Crippen LogP contribution in [-0.2, 0) is 6.42 Å². The molecule has 96 valence electrons. The Bertz CT molecular complexity index is 495. The van der Waals surface area contributed by atoms with Crippen molar-refractivity contribution in [1.82, 2.24) is 0 Å². The summed E-state index contributed by atoms with van der Waals surface area (Å²) in [4.78, 5) is 0. The fourth-order valence-electron chi connectivity index (χ4n) is 1.69. The van der Waals surface area contributed by atoms with E-state index >= 15 is 0 Å². The van der Waals surface area contributed by atoms with Crippen LogP contribution in [0.4, 0.5) is 4.39 Å². The maximum Gasteiger partial charge on any atom is 0.125 e. The Morgan fingerprint density at radius 2 is 2.22 bits per heavy atom. The van der Waals surface area contributed by atoms with Gasteiger partial charge in [0.05, 0.1) is 12.7 Å². The van der Waals surface area contributed by atoms with Gasteiger partial charge in [0, 0.05) is 12.0 Å². The lowest BCUT2D eigenvalue weighted by molar-refractivity contribution is 0.191. The SMILES string of the molecule is C[C@@H](O)c1cc(F)ccc1OCCc1ccsc1. The van der Waals surface area contributed by atoms with Gasteiger partial charge in [-0.15, -0.1) is 0 Å². The molecule has 0 aliphatic rings. The molecule has 2 nitrogen and oxygen atoms in total. The number of aliphatic hydroxyl groups excluding tert-OH is 1. The number of aliphatic hydroxyl groups is 1. The van der Waals surface area contributed by atoms with E-state index in [9.17, 15) is 9.50 Å². The predicted octanol–water partition coefficient (Wildman–Crippen LogP) is 3.56. The zero-order chi connectivity index (χ0) is 13.0. The summed E-state index contributed by atoms with van der Waals surface area (Å²) in [5, 5.41) is 13.7. The molecule has 0 amide bonds. The molecule has 0 bridgehead atoms. The van der Waals surface area contributed by atoms with Crippen LogP contribution in [0.5, 0.6) is 5.75 Å². The van der Waals surface area contributed by atoms with Crippen molar-refractivity contribution in [2.24, 2.45) is 0 Å². The molecule has 1 aromatic carbocycles. The van der Waals surface area contributed by atoms with Crippen molar-refractivity contribution in [1.29, 1.82) is 0 Å². The van der Waals surface area contributed by atoms with Crippen LogP contribution >= 0.6 is 11.3 Å². The third kappa shape index (κ3) is 3.31. The van der Waals surface area contributed by atoms with E-state index in [2.05, 4.69) is 5.38 Å². The van der Waals surface area contributed by atoms with Crippen molar-refractivity contribution in [2.45, 2.75) is 19.4 Å². The molecule has 1 heterocycles. The average Bonchev–Trinajstić information content (AvgIpc) is 2.84. The number of rotatable bonds is 5. The number of halogens is 1. The third-order valence-electron chi connectivity index (χ3n) is 2.65. The molecule has 0 unspecified atom stereocenters. The fraction of sp³-hybridized carbons (Fsp3) is 0.286. The normalized spacial score (nSPS) is 12.4. The van der Waals surface area contributed by atoms with Crippen LogP contribution in [0.25, 0.3) is 0 Å². The predicted molar refractivity (Wildman–Crippen MR) is 70.6 cm³/mol. The molecule has 1 aromatic heterocycles. The van der Waals surface area contributed by atoms with Crippen molar-refractivity contribution in [3.05, 3.63) is 52.0 Å². The van der Waals surface area contributed by atoms with E-state index in [1.807, 2.05) is 11.4 Å². The highest BCUT2D eigenvalue weighted by atomic mass is 32.1. The largest absolute Gasteiger partial charge is 0.493 e. The van der Waals surface area contributed by atoms with Crippen molar-refractivity contribution in [3.63, 3.8) is 0 Å². The van der Waals surface area contributed by atoms with Gasteiger partial charge >= 0.3 is 0 Å². The molecular weight excluding hydrogens is 251 g/mol. The number of hydrogen-bond donors (Lipinski definition) is 1. The van der Waals surface area contributed by atoms with E-state index < -0.39 is 6.10 Å². The van der Waals surface area contributed by atoms with Crippen molar-refractivity contribution >= 4 is 11.3 Å². The number of thiophene rings is 1. The zero-order valence-electron chi connectivity index (χ0n) is 10.1. The molecule has 0 spiro atoms. The minimum atomic E-state index is -0.739. The molecule has 0 aliphatic heterocycles. The lowest BCUT2D eigenvalue weighted by atomic mass is 10.1. The van der Waals surface area contributed by atoms with Gasteiger partial charge in [-0.05, 0) is 47.5 Å². The summed E-state index contributed by atoms with van der Waals surface area (Å²) in [5.74, 6) is 0.178. The van der Waals surface area contributed by atoms with Gasteiger partial charge in [0.15, 0.2) is 0 Å². The monoisotopic (exact) mass is 266 g/mol. The Hall–Kier alpha value is -1.39. The Morgan fingerprint density at radius 1 is 1.39 bits per heavy atom. The molecule has 0 radical (unpaired) electrons. The first kappa shape index (κ1) is 13.1. The van der Waals surface area contributed by atoms with Crippen LogP contribution in [0.15, 0.2) is 35.0 Å². The summed E-state index contributed by atoms with van der Waals surface area (Å²) in [5.41, 5.74) is 1.71. The lowest BCUT2D eigenvalue weighted by Crippen LogP contribution is -2.04. The second-order valence-corrected chi connectivity index (χ2v) is 4.87. The Morgan fingerprint density at radius 3 is 2.89 bits per heavy atom. The van der Waals surface area contributed by atoms with E-state index in [0.29, 0.717) is 17.9 Å². The summed E-state index contributed by atoms with van der Waals surface area (Å²) in [6.07, 6.45) is 0.0667. The standard InChI is InChI=1S/C14H15FO2S/c1-10(16)13-8-12(15)2-3-14(13)17-6-4-11-5-7-18-9-11/h2-3,5,7-10,16H,4,6H2,1H3/t10-/m1/s1. The van der Waals surface area contributed by atoms with E-state index in [1.165, 1.54) is 17.7 Å². The summed E-state index contributed by atoms with van der Waals surface area (Å²) in [6.45, 7) is 2.11. The molecule has 4 heteroatoms. The summed E-state index contributed by atoms with van der Waals surface area (Å²) >= 11 is 1.65. The van der Waals surface area contributed by atoms with E-state index in [4.69, 9.17) is 4.74 Å². The van der Waals surface area contributed by atoms with Crippen LogP contribution < -0.4 is 4.74 Å². The molecule has 1 N–H and O–H groups in total. The Balaban J connectivity index is 2.00. The molecule has 0 aliphatic carbocycles. The van der Waals surface area contributed by atoms with Gasteiger partial charge in [-0.25, -0.2) is 4.39 Å². The van der Waals surface area contributed by atoms with Gasteiger partial charge in [-0.3, -0.25) is 0 Å². The Kier molecular flexibility index (Phi) is 4.33. The first-order valence-corrected chi connectivity index (χ1v) is 6.72. The molecule has 2 rings (SSSR count). The van der Waals surface area contributed by atoms with Crippen LogP contribution in [0, 0.1) is 5.82 Å². The van der Waals surface area contributed by atoms with Crippen molar-refractivity contribution in [2.75, 3.05) is 6.61 Å². The zero-order valence-corrected chi connectivity index (χ0v) is 10.9. The van der Waals surface area contributed by atoms with Crippen LogP contribution in [0.2, 0.25) is 0 Å². The molecule has 0 fully saturated rings. The molecular formula is C14H15FO2S. The molecule has 1 atom stereocenters. The maximum absolute atomic E-state index is 13.1. The fourth-order valence-corrected chi connectivity index (χ4v) is 2.39. The lowest BCUT2D eigenvalue weighted by Gasteiger charge is -2.13. The highest BCUT2D eigenvalue weighted by molar-refractivity contribution is 7.07. The highest BCUT2D eigenvalue weighted by Gasteiger charge is 2.10. The highest BCUT2D eigenvalue weighted by Crippen LogP contribution is 2.26. The van der Waals surface area contributed by atoms with Gasteiger partial charge in [-0.2, -0.15) is 11.3 Å². The summed E-state index contributed by atoms with van der Waals surface area (Å²) in [6, 6.07) is 6.26. The van der Waals surface area contributed by atoms with Crippen LogP contribution in [-0.4, -0.2) is 11.7 Å². The summed E-state index contributed by atoms with van der Waals surface area (Å²) < 4.78 is 18.7. The first-order chi connectivity index (χ1) is 8.66. The smallest absolute Gasteiger partial charge is 0.125 e. The van der Waals surface area contributed by atoms with Crippen LogP contribution in [0.1, 0.15) is 24.2 Å². The minimum absolute atomic E-state index is 0.365. The van der Waals surface area contributed by atoms with E-state index in [0.717, 1.165) is 6.42 Å². The average molecular weight is 266 g/mol. The van der Waals surface area contributed by atoms with Crippen molar-refractivity contribution < 1.29 is 14.2 Å². The number of hydrogen-bond acceptors (Lipinski definition) is 3. The van der Waals surface area contributed by atoms with Gasteiger partial charge in [0.2, 0.25) is 0 Å². The number of ether oxygens (including phenoxy) is 1. The molecule has 18 heavy (non-hydrogen) atoms. The molecule has 0 saturated carbocycles.